The van der Waals surface area contributed by atoms with E-state index in [0.717, 1.165) is 15.9 Å². The number of anilines is 1. The lowest BCUT2D eigenvalue weighted by Crippen LogP contribution is -2.17. The molecule has 1 unspecified atom stereocenters. The van der Waals surface area contributed by atoms with Crippen LogP contribution in [0.1, 0.15) is 25.5 Å². The molecule has 106 valence electrons. The van der Waals surface area contributed by atoms with Gasteiger partial charge < -0.3 is 10.1 Å². The van der Waals surface area contributed by atoms with Crippen LogP contribution in [0.15, 0.2) is 53.0 Å². The Kier molecular flexibility index (Phi) is 5.07. The normalized spacial score (nSPS) is 12.2. The first kappa shape index (κ1) is 14.9. The number of hydrogen-bond donors (Lipinski definition) is 1. The van der Waals surface area contributed by atoms with Gasteiger partial charge in [-0.05, 0) is 39.5 Å². The molecule has 2 rings (SSSR count). The van der Waals surface area contributed by atoms with Gasteiger partial charge in [0.25, 0.3) is 0 Å². The fourth-order valence-corrected chi connectivity index (χ4v) is 2.57. The monoisotopic (exact) mass is 333 g/mol. The van der Waals surface area contributed by atoms with Gasteiger partial charge in [0.2, 0.25) is 0 Å². The second kappa shape index (κ2) is 6.80. The number of rotatable bonds is 5. The standard InChI is InChI=1S/C17H20BrNO/c1-12(2)17(13-7-5-4-6-8-13)19-16-11-14(20-3)9-10-15(16)18/h4-12,17,19H,1-3H3. The van der Waals surface area contributed by atoms with Crippen LogP contribution in [0.2, 0.25) is 0 Å². The summed E-state index contributed by atoms with van der Waals surface area (Å²) < 4.78 is 6.34. The van der Waals surface area contributed by atoms with Crippen LogP contribution >= 0.6 is 15.9 Å². The summed E-state index contributed by atoms with van der Waals surface area (Å²) in [5, 5.41) is 3.61. The van der Waals surface area contributed by atoms with Crippen LogP contribution in [0.4, 0.5) is 5.69 Å². The molecule has 20 heavy (non-hydrogen) atoms. The van der Waals surface area contributed by atoms with Gasteiger partial charge in [-0.25, -0.2) is 0 Å². The molecule has 1 atom stereocenters. The van der Waals surface area contributed by atoms with E-state index in [9.17, 15) is 0 Å². The van der Waals surface area contributed by atoms with E-state index in [1.165, 1.54) is 5.56 Å². The molecule has 0 aliphatic carbocycles. The molecule has 1 N–H and O–H groups in total. The lowest BCUT2D eigenvalue weighted by Gasteiger charge is -2.25. The van der Waals surface area contributed by atoms with Crippen LogP contribution in [0.5, 0.6) is 5.75 Å². The Hall–Kier alpha value is -1.48. The Morgan fingerprint density at radius 1 is 1.05 bits per heavy atom. The van der Waals surface area contributed by atoms with Crippen molar-refractivity contribution in [2.24, 2.45) is 5.92 Å². The second-order valence-corrected chi connectivity index (χ2v) is 5.98. The first-order valence-electron chi connectivity index (χ1n) is 6.77. The van der Waals surface area contributed by atoms with Crippen molar-refractivity contribution in [1.82, 2.24) is 0 Å². The van der Waals surface area contributed by atoms with Crippen molar-refractivity contribution in [2.75, 3.05) is 12.4 Å². The summed E-state index contributed by atoms with van der Waals surface area (Å²) in [4.78, 5) is 0. The van der Waals surface area contributed by atoms with Gasteiger partial charge in [0.1, 0.15) is 5.75 Å². The Labute approximate surface area is 129 Å². The predicted octanol–water partition coefficient (Wildman–Crippen LogP) is 5.27. The largest absolute Gasteiger partial charge is 0.497 e. The fraction of sp³-hybridized carbons (Fsp3) is 0.294. The number of hydrogen-bond acceptors (Lipinski definition) is 2. The molecular weight excluding hydrogens is 314 g/mol. The molecule has 0 aliphatic rings. The van der Waals surface area contributed by atoms with Crippen LogP contribution < -0.4 is 10.1 Å². The van der Waals surface area contributed by atoms with Crippen molar-refractivity contribution in [3.05, 3.63) is 58.6 Å². The van der Waals surface area contributed by atoms with Gasteiger partial charge in [-0.3, -0.25) is 0 Å². The number of ether oxygens (including phenoxy) is 1. The molecule has 0 heterocycles. The van der Waals surface area contributed by atoms with Gasteiger partial charge in [0.15, 0.2) is 0 Å². The number of halogens is 1. The highest BCUT2D eigenvalue weighted by atomic mass is 79.9. The second-order valence-electron chi connectivity index (χ2n) is 5.12. The molecule has 2 aromatic rings. The van der Waals surface area contributed by atoms with E-state index in [2.05, 4.69) is 59.4 Å². The van der Waals surface area contributed by atoms with E-state index < -0.39 is 0 Å². The molecule has 0 amide bonds. The quantitative estimate of drug-likeness (QED) is 0.804. The van der Waals surface area contributed by atoms with Crippen molar-refractivity contribution < 1.29 is 4.74 Å². The van der Waals surface area contributed by atoms with E-state index in [1.54, 1.807) is 7.11 Å². The zero-order valence-corrected chi connectivity index (χ0v) is 13.6. The minimum atomic E-state index is 0.264. The van der Waals surface area contributed by atoms with Crippen molar-refractivity contribution in [3.63, 3.8) is 0 Å². The Morgan fingerprint density at radius 3 is 2.35 bits per heavy atom. The van der Waals surface area contributed by atoms with Crippen molar-refractivity contribution >= 4 is 21.6 Å². The number of nitrogens with one attached hydrogen (secondary N) is 1. The Balaban J connectivity index is 2.29. The van der Waals surface area contributed by atoms with Gasteiger partial charge in [0.05, 0.1) is 18.8 Å². The molecule has 2 nitrogen and oxygen atoms in total. The van der Waals surface area contributed by atoms with Gasteiger partial charge in [-0.15, -0.1) is 0 Å². The van der Waals surface area contributed by atoms with Crippen LogP contribution in [-0.2, 0) is 0 Å². The third-order valence-corrected chi connectivity index (χ3v) is 4.00. The number of methoxy groups -OCH3 is 1. The summed E-state index contributed by atoms with van der Waals surface area (Å²) in [5.74, 6) is 1.33. The summed E-state index contributed by atoms with van der Waals surface area (Å²) in [6.45, 7) is 4.44. The Bertz CT molecular complexity index is 554. The molecule has 0 saturated heterocycles. The zero-order chi connectivity index (χ0) is 14.5. The summed E-state index contributed by atoms with van der Waals surface area (Å²) in [5.41, 5.74) is 2.34. The summed E-state index contributed by atoms with van der Waals surface area (Å²) in [6.07, 6.45) is 0. The molecule has 0 bridgehead atoms. The Morgan fingerprint density at radius 2 is 1.75 bits per heavy atom. The molecule has 3 heteroatoms. The smallest absolute Gasteiger partial charge is 0.121 e. The van der Waals surface area contributed by atoms with E-state index in [-0.39, 0.29) is 6.04 Å². The summed E-state index contributed by atoms with van der Waals surface area (Å²) in [6, 6.07) is 16.7. The van der Waals surface area contributed by atoms with Gasteiger partial charge in [-0.1, -0.05) is 44.2 Å². The molecule has 0 aliphatic heterocycles. The van der Waals surface area contributed by atoms with Crippen molar-refractivity contribution in [2.45, 2.75) is 19.9 Å². The summed E-state index contributed by atoms with van der Waals surface area (Å²) in [7, 11) is 1.68. The maximum Gasteiger partial charge on any atom is 0.121 e. The topological polar surface area (TPSA) is 21.3 Å². The van der Waals surface area contributed by atoms with Crippen molar-refractivity contribution in [1.29, 1.82) is 0 Å². The first-order valence-corrected chi connectivity index (χ1v) is 7.56. The average Bonchev–Trinajstić information content (AvgIpc) is 2.47. The van der Waals surface area contributed by atoms with E-state index in [4.69, 9.17) is 4.74 Å². The van der Waals surface area contributed by atoms with Gasteiger partial charge >= 0.3 is 0 Å². The highest BCUT2D eigenvalue weighted by Crippen LogP contribution is 2.33. The minimum Gasteiger partial charge on any atom is -0.497 e. The number of benzene rings is 2. The molecule has 0 saturated carbocycles. The first-order chi connectivity index (χ1) is 9.61. The van der Waals surface area contributed by atoms with Crippen molar-refractivity contribution in [3.8, 4) is 5.75 Å². The zero-order valence-electron chi connectivity index (χ0n) is 12.1. The molecular formula is C17H20BrNO. The van der Waals surface area contributed by atoms with E-state index in [0.29, 0.717) is 5.92 Å². The SMILES string of the molecule is COc1ccc(Br)c(NC(c2ccccc2)C(C)C)c1. The van der Waals surface area contributed by atoms with E-state index in [1.807, 2.05) is 24.3 Å². The third-order valence-electron chi connectivity index (χ3n) is 3.31. The minimum absolute atomic E-state index is 0.264. The van der Waals surface area contributed by atoms with Gasteiger partial charge in [-0.2, -0.15) is 0 Å². The lowest BCUT2D eigenvalue weighted by atomic mass is 9.96. The maximum atomic E-state index is 5.30. The summed E-state index contributed by atoms with van der Waals surface area (Å²) >= 11 is 3.59. The van der Waals surface area contributed by atoms with Gasteiger partial charge in [0, 0.05) is 10.5 Å². The highest BCUT2D eigenvalue weighted by Gasteiger charge is 2.16. The molecule has 0 fully saturated rings. The van der Waals surface area contributed by atoms with Crippen LogP contribution in [0.3, 0.4) is 0 Å². The lowest BCUT2D eigenvalue weighted by molar-refractivity contribution is 0.414. The maximum absolute atomic E-state index is 5.30. The molecule has 0 aromatic heterocycles. The van der Waals surface area contributed by atoms with E-state index >= 15 is 0 Å². The fourth-order valence-electron chi connectivity index (χ4n) is 2.20. The van der Waals surface area contributed by atoms with Crippen LogP contribution in [-0.4, -0.2) is 7.11 Å². The average molecular weight is 334 g/mol. The highest BCUT2D eigenvalue weighted by molar-refractivity contribution is 9.10. The van der Waals surface area contributed by atoms with Crippen LogP contribution in [0, 0.1) is 5.92 Å². The molecule has 2 aromatic carbocycles. The third kappa shape index (κ3) is 3.54. The van der Waals surface area contributed by atoms with Crippen LogP contribution in [0.25, 0.3) is 0 Å². The molecule has 0 radical (unpaired) electrons. The predicted molar refractivity (Wildman–Crippen MR) is 88.3 cm³/mol. The molecule has 0 spiro atoms.